The molecule has 6 heteroatoms. The molecule has 1 aromatic carbocycles. The Morgan fingerprint density at radius 1 is 0.889 bits per heavy atom. The molecule has 0 saturated carbocycles. The van der Waals surface area contributed by atoms with Gasteiger partial charge >= 0.3 is 6.18 Å². The third kappa shape index (κ3) is 2.32. The number of alkyl halides is 3. The summed E-state index contributed by atoms with van der Waals surface area (Å²) < 4.78 is 63.2. The summed E-state index contributed by atoms with van der Waals surface area (Å²) in [4.78, 5) is 3.10. The molecule has 0 amide bonds. The van der Waals surface area contributed by atoms with Crippen LogP contribution in [0.4, 0.5) is 22.0 Å². The van der Waals surface area contributed by atoms with Gasteiger partial charge in [-0.2, -0.15) is 17.6 Å². The van der Waals surface area contributed by atoms with Gasteiger partial charge < -0.3 is 0 Å². The Kier molecular flexibility index (Phi) is 3.02. The molecule has 18 heavy (non-hydrogen) atoms. The quantitative estimate of drug-likeness (QED) is 0.556. The fourth-order valence-electron chi connectivity index (χ4n) is 1.48. The van der Waals surface area contributed by atoms with Crippen LogP contribution >= 0.6 is 0 Å². The van der Waals surface area contributed by atoms with Gasteiger partial charge in [-0.15, -0.1) is 0 Å². The van der Waals surface area contributed by atoms with Crippen LogP contribution < -0.4 is 0 Å². The molecule has 0 N–H and O–H groups in total. The molecular weight excluding hydrogens is 253 g/mol. The van der Waals surface area contributed by atoms with Gasteiger partial charge in [0.2, 0.25) is 5.95 Å². The van der Waals surface area contributed by atoms with Crippen molar-refractivity contribution in [3.8, 4) is 11.1 Å². The van der Waals surface area contributed by atoms with Crippen LogP contribution in [0.3, 0.4) is 0 Å². The fourth-order valence-corrected chi connectivity index (χ4v) is 1.48. The van der Waals surface area contributed by atoms with Gasteiger partial charge in [0.1, 0.15) is 0 Å². The van der Waals surface area contributed by atoms with Gasteiger partial charge in [0.15, 0.2) is 5.82 Å². The molecule has 2 aromatic rings. The van der Waals surface area contributed by atoms with Crippen molar-refractivity contribution < 1.29 is 22.0 Å². The maximum absolute atomic E-state index is 13.4. The predicted molar refractivity (Wildman–Crippen MR) is 54.6 cm³/mol. The number of hydrogen-bond donors (Lipinski definition) is 0. The van der Waals surface area contributed by atoms with E-state index in [2.05, 4.69) is 4.98 Å². The molecule has 0 radical (unpaired) electrons. The summed E-state index contributed by atoms with van der Waals surface area (Å²) in [7, 11) is 0. The first kappa shape index (κ1) is 12.5. The molecule has 2 rings (SSSR count). The lowest BCUT2D eigenvalue weighted by molar-refractivity contribution is -0.137. The first-order valence-electron chi connectivity index (χ1n) is 4.87. The normalized spacial score (nSPS) is 11.6. The van der Waals surface area contributed by atoms with Gasteiger partial charge in [-0.25, -0.2) is 9.37 Å². The van der Waals surface area contributed by atoms with E-state index in [4.69, 9.17) is 0 Å². The Morgan fingerprint density at radius 3 is 2.06 bits per heavy atom. The zero-order chi connectivity index (χ0) is 13.3. The third-order valence-electron chi connectivity index (χ3n) is 2.37. The van der Waals surface area contributed by atoms with Gasteiger partial charge in [0.25, 0.3) is 0 Å². The van der Waals surface area contributed by atoms with Crippen LogP contribution in [0.15, 0.2) is 36.5 Å². The predicted octanol–water partition coefficient (Wildman–Crippen LogP) is 4.05. The number of rotatable bonds is 1. The summed E-state index contributed by atoms with van der Waals surface area (Å²) in [5, 5.41) is 0. The highest BCUT2D eigenvalue weighted by Crippen LogP contribution is 2.31. The van der Waals surface area contributed by atoms with E-state index in [1.165, 1.54) is 6.07 Å². The summed E-state index contributed by atoms with van der Waals surface area (Å²) >= 11 is 0. The summed E-state index contributed by atoms with van der Waals surface area (Å²) in [6.07, 6.45) is -3.41. The zero-order valence-corrected chi connectivity index (χ0v) is 8.80. The lowest BCUT2D eigenvalue weighted by atomic mass is 10.0. The smallest absolute Gasteiger partial charge is 0.226 e. The summed E-state index contributed by atoms with van der Waals surface area (Å²) in [5.74, 6) is -2.47. The van der Waals surface area contributed by atoms with E-state index < -0.39 is 23.5 Å². The minimum Gasteiger partial charge on any atom is -0.226 e. The largest absolute Gasteiger partial charge is 0.416 e. The van der Waals surface area contributed by atoms with Crippen molar-refractivity contribution >= 4 is 0 Å². The Labute approximate surface area is 98.9 Å². The van der Waals surface area contributed by atoms with Crippen molar-refractivity contribution in [1.82, 2.24) is 4.98 Å². The number of nitrogens with zero attached hydrogens (tertiary/aromatic N) is 1. The lowest BCUT2D eigenvalue weighted by Gasteiger charge is -2.08. The van der Waals surface area contributed by atoms with Crippen molar-refractivity contribution in [2.45, 2.75) is 6.18 Å². The third-order valence-corrected chi connectivity index (χ3v) is 2.37. The van der Waals surface area contributed by atoms with Gasteiger partial charge in [0, 0.05) is 11.8 Å². The van der Waals surface area contributed by atoms with Gasteiger partial charge in [-0.3, -0.25) is 0 Å². The second-order valence-electron chi connectivity index (χ2n) is 3.54. The first-order chi connectivity index (χ1) is 8.39. The summed E-state index contributed by atoms with van der Waals surface area (Å²) in [6.45, 7) is 0. The second kappa shape index (κ2) is 4.36. The number of hydrogen-bond acceptors (Lipinski definition) is 1. The van der Waals surface area contributed by atoms with E-state index >= 15 is 0 Å². The Bertz CT molecular complexity index is 560. The van der Waals surface area contributed by atoms with Crippen molar-refractivity contribution in [2.24, 2.45) is 0 Å². The van der Waals surface area contributed by atoms with Crippen molar-refractivity contribution in [3.05, 3.63) is 53.9 Å². The van der Waals surface area contributed by atoms with Crippen LogP contribution in [0.2, 0.25) is 0 Å². The average molecular weight is 259 g/mol. The summed E-state index contributed by atoms with van der Waals surface area (Å²) in [6, 6.07) is 4.99. The monoisotopic (exact) mass is 259 g/mol. The Morgan fingerprint density at radius 2 is 1.50 bits per heavy atom. The van der Waals surface area contributed by atoms with Gasteiger partial charge in [-0.05, 0) is 23.8 Å². The molecule has 0 saturated heterocycles. The number of aromatic nitrogens is 1. The molecule has 1 nitrogen and oxygen atoms in total. The van der Waals surface area contributed by atoms with E-state index in [1.807, 2.05) is 0 Å². The van der Waals surface area contributed by atoms with Gasteiger partial charge in [-0.1, -0.05) is 12.1 Å². The maximum Gasteiger partial charge on any atom is 0.416 e. The van der Waals surface area contributed by atoms with E-state index in [0.29, 0.717) is 0 Å². The molecule has 0 spiro atoms. The molecule has 1 heterocycles. The van der Waals surface area contributed by atoms with E-state index in [1.54, 1.807) is 0 Å². The van der Waals surface area contributed by atoms with Crippen molar-refractivity contribution in [3.63, 3.8) is 0 Å². The van der Waals surface area contributed by atoms with E-state index in [9.17, 15) is 22.0 Å². The average Bonchev–Trinajstić information content (AvgIpc) is 2.32. The number of benzene rings is 1. The van der Waals surface area contributed by atoms with Crippen LogP contribution in [-0.4, -0.2) is 4.98 Å². The highest BCUT2D eigenvalue weighted by atomic mass is 19.4. The highest BCUT2D eigenvalue weighted by Gasteiger charge is 2.30. The molecule has 94 valence electrons. The van der Waals surface area contributed by atoms with E-state index in [0.717, 1.165) is 30.5 Å². The standard InChI is InChI=1S/C12H6F5N/c13-10-9(5-6-18-11(10)14)7-1-3-8(4-2-7)12(15,16)17/h1-6H. The first-order valence-corrected chi connectivity index (χ1v) is 4.87. The molecule has 0 atom stereocenters. The molecular formula is C12H6F5N. The molecule has 0 aliphatic rings. The maximum atomic E-state index is 13.4. The van der Waals surface area contributed by atoms with Crippen molar-refractivity contribution in [1.29, 1.82) is 0 Å². The molecule has 0 bridgehead atoms. The van der Waals surface area contributed by atoms with Crippen LogP contribution in [0.5, 0.6) is 0 Å². The zero-order valence-electron chi connectivity index (χ0n) is 8.80. The fraction of sp³-hybridized carbons (Fsp3) is 0.0833. The Balaban J connectivity index is 2.44. The summed E-state index contributed by atoms with van der Waals surface area (Å²) in [5.41, 5.74) is -0.820. The molecule has 0 fully saturated rings. The minimum atomic E-state index is -4.46. The second-order valence-corrected chi connectivity index (χ2v) is 3.54. The topological polar surface area (TPSA) is 12.9 Å². The highest BCUT2D eigenvalue weighted by molar-refractivity contribution is 5.63. The van der Waals surface area contributed by atoms with Crippen LogP contribution in [-0.2, 0) is 6.18 Å². The van der Waals surface area contributed by atoms with Crippen molar-refractivity contribution in [2.75, 3.05) is 0 Å². The minimum absolute atomic E-state index is 0.128. The Hall–Kier alpha value is -1.98. The number of halogens is 5. The SMILES string of the molecule is Fc1nccc(-c2ccc(C(F)(F)F)cc2)c1F. The molecule has 0 unspecified atom stereocenters. The van der Waals surface area contributed by atoms with Gasteiger partial charge in [0.05, 0.1) is 5.56 Å². The molecule has 0 aliphatic heterocycles. The van der Waals surface area contributed by atoms with Crippen LogP contribution in [0.1, 0.15) is 5.56 Å². The van der Waals surface area contributed by atoms with Crippen LogP contribution in [0.25, 0.3) is 11.1 Å². The molecule has 1 aromatic heterocycles. The van der Waals surface area contributed by atoms with Crippen LogP contribution in [0, 0.1) is 11.8 Å². The molecule has 0 aliphatic carbocycles. The number of pyridine rings is 1. The lowest BCUT2D eigenvalue weighted by Crippen LogP contribution is -2.04. The van der Waals surface area contributed by atoms with E-state index in [-0.39, 0.29) is 11.1 Å².